The van der Waals surface area contributed by atoms with Gasteiger partial charge in [-0.15, -0.1) is 11.3 Å². The van der Waals surface area contributed by atoms with E-state index in [-0.39, 0.29) is 6.04 Å². The van der Waals surface area contributed by atoms with Crippen molar-refractivity contribution in [3.05, 3.63) is 49.1 Å². The summed E-state index contributed by atoms with van der Waals surface area (Å²) in [4.78, 5) is 1.28. The molecule has 0 saturated heterocycles. The van der Waals surface area contributed by atoms with E-state index >= 15 is 0 Å². The molecule has 1 heterocycles. The fourth-order valence-corrected chi connectivity index (χ4v) is 4.20. The number of halogens is 2. The summed E-state index contributed by atoms with van der Waals surface area (Å²) in [5.74, 6) is 0.849. The summed E-state index contributed by atoms with van der Waals surface area (Å²) in [6, 6.07) is 7.98. The second kappa shape index (κ2) is 6.94. The van der Waals surface area contributed by atoms with E-state index in [9.17, 15) is 0 Å². The van der Waals surface area contributed by atoms with Gasteiger partial charge in [-0.3, -0.25) is 0 Å². The molecular formula is C15H17BrClNOS. The second-order valence-corrected chi connectivity index (χ2v) is 7.51. The number of hydrogen-bond acceptors (Lipinski definition) is 3. The topological polar surface area (TPSA) is 21.3 Å². The first kappa shape index (κ1) is 15.8. The quantitative estimate of drug-likeness (QED) is 0.778. The molecule has 1 atom stereocenters. The van der Waals surface area contributed by atoms with Gasteiger partial charge in [0.1, 0.15) is 5.75 Å². The van der Waals surface area contributed by atoms with E-state index in [2.05, 4.69) is 41.2 Å². The highest BCUT2D eigenvalue weighted by atomic mass is 79.9. The lowest BCUT2D eigenvalue weighted by Crippen LogP contribution is -2.22. The van der Waals surface area contributed by atoms with Crippen LogP contribution in [0, 0.1) is 6.92 Å². The van der Waals surface area contributed by atoms with Crippen molar-refractivity contribution in [1.29, 1.82) is 0 Å². The largest absolute Gasteiger partial charge is 0.496 e. The van der Waals surface area contributed by atoms with Gasteiger partial charge in [-0.2, -0.15) is 0 Å². The number of rotatable bonds is 5. The fraction of sp³-hybridized carbons (Fsp3) is 0.333. The zero-order chi connectivity index (χ0) is 14.7. The van der Waals surface area contributed by atoms with Crippen LogP contribution >= 0.6 is 38.9 Å². The van der Waals surface area contributed by atoms with Crippen molar-refractivity contribution in [3.63, 3.8) is 0 Å². The molecule has 0 bridgehead atoms. The number of thiophene rings is 1. The third-order valence-electron chi connectivity index (χ3n) is 3.15. The van der Waals surface area contributed by atoms with Gasteiger partial charge in [-0.25, -0.2) is 0 Å². The molecule has 108 valence electrons. The number of aryl methyl sites for hydroxylation is 1. The average molecular weight is 375 g/mol. The van der Waals surface area contributed by atoms with Gasteiger partial charge < -0.3 is 10.1 Å². The Morgan fingerprint density at radius 2 is 2.10 bits per heavy atom. The number of methoxy groups -OCH3 is 1. The zero-order valence-electron chi connectivity index (χ0n) is 11.7. The molecule has 5 heteroatoms. The number of ether oxygens (including phenoxy) is 1. The maximum Gasteiger partial charge on any atom is 0.124 e. The molecule has 0 saturated carbocycles. The van der Waals surface area contributed by atoms with E-state index in [1.54, 1.807) is 18.4 Å². The summed E-state index contributed by atoms with van der Waals surface area (Å²) in [6.07, 6.45) is 0. The van der Waals surface area contributed by atoms with Gasteiger partial charge in [-0.05, 0) is 59.2 Å². The lowest BCUT2D eigenvalue weighted by Gasteiger charge is -2.21. The smallest absolute Gasteiger partial charge is 0.124 e. The van der Waals surface area contributed by atoms with Crippen LogP contribution in [-0.4, -0.2) is 13.7 Å². The van der Waals surface area contributed by atoms with Gasteiger partial charge in [0.25, 0.3) is 0 Å². The number of hydrogen-bond donors (Lipinski definition) is 1. The molecule has 0 radical (unpaired) electrons. The Hall–Kier alpha value is -0.550. The van der Waals surface area contributed by atoms with Crippen molar-refractivity contribution in [2.45, 2.75) is 19.9 Å². The van der Waals surface area contributed by atoms with Crippen molar-refractivity contribution in [1.82, 2.24) is 5.32 Å². The average Bonchev–Trinajstić information content (AvgIpc) is 2.75. The normalized spacial score (nSPS) is 12.4. The Kier molecular flexibility index (Phi) is 5.49. The van der Waals surface area contributed by atoms with Gasteiger partial charge in [0.15, 0.2) is 0 Å². The predicted octanol–water partition coefficient (Wildman–Crippen LogP) is 5.18. The molecule has 0 spiro atoms. The minimum absolute atomic E-state index is 0.0798. The lowest BCUT2D eigenvalue weighted by atomic mass is 9.98. The van der Waals surface area contributed by atoms with Crippen LogP contribution in [0.5, 0.6) is 5.75 Å². The molecule has 1 aromatic heterocycles. The molecule has 0 aliphatic heterocycles. The van der Waals surface area contributed by atoms with Crippen LogP contribution in [0.1, 0.15) is 29.0 Å². The van der Waals surface area contributed by atoms with E-state index in [1.807, 2.05) is 18.2 Å². The van der Waals surface area contributed by atoms with Crippen LogP contribution in [0.2, 0.25) is 5.02 Å². The van der Waals surface area contributed by atoms with Gasteiger partial charge in [0.05, 0.1) is 16.9 Å². The Balaban J connectivity index is 2.53. The summed E-state index contributed by atoms with van der Waals surface area (Å²) < 4.78 is 6.62. The highest BCUT2D eigenvalue weighted by molar-refractivity contribution is 9.11. The van der Waals surface area contributed by atoms with E-state index < -0.39 is 0 Å². The molecule has 2 rings (SSSR count). The molecule has 0 aliphatic carbocycles. The van der Waals surface area contributed by atoms with E-state index in [4.69, 9.17) is 16.3 Å². The molecule has 1 N–H and O–H groups in total. The highest BCUT2D eigenvalue weighted by Gasteiger charge is 2.21. The molecule has 2 aromatic rings. The maximum absolute atomic E-state index is 6.16. The van der Waals surface area contributed by atoms with Crippen molar-refractivity contribution in [3.8, 4) is 5.75 Å². The van der Waals surface area contributed by atoms with Gasteiger partial charge in [-0.1, -0.05) is 18.5 Å². The van der Waals surface area contributed by atoms with Crippen LogP contribution in [0.15, 0.2) is 28.1 Å². The van der Waals surface area contributed by atoms with Crippen LogP contribution in [0.25, 0.3) is 0 Å². The molecule has 1 unspecified atom stereocenters. The summed E-state index contributed by atoms with van der Waals surface area (Å²) in [5.41, 5.74) is 2.32. The van der Waals surface area contributed by atoms with Crippen molar-refractivity contribution >= 4 is 38.9 Å². The predicted molar refractivity (Wildman–Crippen MR) is 90.3 cm³/mol. The van der Waals surface area contributed by atoms with Gasteiger partial charge >= 0.3 is 0 Å². The summed E-state index contributed by atoms with van der Waals surface area (Å²) >= 11 is 11.5. The molecule has 0 aliphatic rings. The molecule has 0 fully saturated rings. The summed E-state index contributed by atoms with van der Waals surface area (Å²) in [7, 11) is 1.69. The maximum atomic E-state index is 6.16. The standard InChI is InChI=1S/C15H17BrClNOS/c1-4-18-15(11-8-14(16)20-9(11)2)12-7-10(17)5-6-13(12)19-3/h5-8,15,18H,4H2,1-3H3. The van der Waals surface area contributed by atoms with Crippen LogP contribution < -0.4 is 10.1 Å². The molecule has 2 nitrogen and oxygen atoms in total. The van der Waals surface area contributed by atoms with Crippen LogP contribution in [0.4, 0.5) is 0 Å². The van der Waals surface area contributed by atoms with Crippen LogP contribution in [-0.2, 0) is 0 Å². The zero-order valence-corrected chi connectivity index (χ0v) is 14.8. The SMILES string of the molecule is CCNC(c1cc(Cl)ccc1OC)c1cc(Br)sc1C. The minimum Gasteiger partial charge on any atom is -0.496 e. The summed E-state index contributed by atoms with van der Waals surface area (Å²) in [6.45, 7) is 5.10. The van der Waals surface area contributed by atoms with Crippen molar-refractivity contribution in [2.75, 3.05) is 13.7 Å². The lowest BCUT2D eigenvalue weighted by molar-refractivity contribution is 0.404. The third-order valence-corrected chi connectivity index (χ3v) is 4.95. The highest BCUT2D eigenvalue weighted by Crippen LogP contribution is 2.37. The van der Waals surface area contributed by atoms with E-state index in [0.29, 0.717) is 0 Å². The minimum atomic E-state index is 0.0798. The monoisotopic (exact) mass is 373 g/mol. The van der Waals surface area contributed by atoms with E-state index in [1.165, 1.54) is 10.4 Å². The first-order valence-corrected chi connectivity index (χ1v) is 8.38. The molecular weight excluding hydrogens is 358 g/mol. The Morgan fingerprint density at radius 1 is 1.35 bits per heavy atom. The Labute approximate surface area is 137 Å². The van der Waals surface area contributed by atoms with Crippen molar-refractivity contribution < 1.29 is 4.74 Å². The first-order chi connectivity index (χ1) is 9.56. The fourth-order valence-electron chi connectivity index (χ4n) is 2.27. The summed E-state index contributed by atoms with van der Waals surface area (Å²) in [5, 5.41) is 4.24. The molecule has 1 aromatic carbocycles. The first-order valence-electron chi connectivity index (χ1n) is 6.39. The molecule has 20 heavy (non-hydrogen) atoms. The van der Waals surface area contributed by atoms with Gasteiger partial charge in [0, 0.05) is 15.5 Å². The number of benzene rings is 1. The van der Waals surface area contributed by atoms with E-state index in [0.717, 1.165) is 26.7 Å². The Bertz CT molecular complexity index is 600. The Morgan fingerprint density at radius 3 is 2.65 bits per heavy atom. The van der Waals surface area contributed by atoms with Gasteiger partial charge in [0.2, 0.25) is 0 Å². The number of nitrogens with one attached hydrogen (secondary N) is 1. The third kappa shape index (κ3) is 3.37. The second-order valence-electron chi connectivity index (χ2n) is 4.44. The van der Waals surface area contributed by atoms with Crippen LogP contribution in [0.3, 0.4) is 0 Å². The van der Waals surface area contributed by atoms with Crippen molar-refractivity contribution in [2.24, 2.45) is 0 Å². The molecule has 0 amide bonds.